The van der Waals surface area contributed by atoms with Crippen LogP contribution in [0.25, 0.3) is 161 Å². The molecule has 0 saturated heterocycles. The SMILES string of the molecule is CCCCCS(=O)c1sc2nc(-c3nccs3)cc(-c3cnc(C)n3C)c2c1N.CCCCS(=O)c1sc2nc(-c3nccs3)cc(-c3cnc(C)n3C)c2c1N.CCOCCS(=O)c1sc2nc(-c3nccs3)cc(-c3cnc(C)n3C)c2c1N.COCCS(=O)c1sc2nc(-c3nc(F)cs3)cc(-c3cnc(C)n3C)c2c1N.COCCS(=O)c1sc2nc(-c3nccs3)nc(-c3cnc(C)n3C)c2c1N. The van der Waals surface area contributed by atoms with Gasteiger partial charge in [-0.3, -0.25) is 21.0 Å². The molecular weight excluding hydrogens is 2110 g/mol. The Morgan fingerprint density at radius 2 is 0.643 bits per heavy atom. The first-order valence-electron chi connectivity index (χ1n) is 44.6. The van der Waals surface area contributed by atoms with E-state index in [0.29, 0.717) is 138 Å². The van der Waals surface area contributed by atoms with E-state index in [1.807, 2.05) is 164 Å². The summed E-state index contributed by atoms with van der Waals surface area (Å²) in [6, 6.07) is 7.86. The average molecular weight is 2210 g/mol. The van der Waals surface area contributed by atoms with Crippen LogP contribution in [0.5, 0.6) is 0 Å². The van der Waals surface area contributed by atoms with E-state index in [1.165, 1.54) is 96.1 Å². The zero-order valence-electron chi connectivity index (χ0n) is 80.3. The van der Waals surface area contributed by atoms with E-state index < -0.39 is 59.9 Å². The number of nitrogen functional groups attached to an aromatic ring is 5. The minimum atomic E-state index is -1.31. The van der Waals surface area contributed by atoms with Crippen LogP contribution in [0.4, 0.5) is 32.8 Å². The summed E-state index contributed by atoms with van der Waals surface area (Å²) in [6.07, 6.45) is 21.1. The summed E-state index contributed by atoms with van der Waals surface area (Å²) in [7, 11) is 6.86. The first kappa shape index (κ1) is 105. The Kier molecular flexibility index (Phi) is 34.3. The van der Waals surface area contributed by atoms with Gasteiger partial charge in [-0.15, -0.1) is 113 Å². The van der Waals surface area contributed by atoms with E-state index in [1.54, 1.807) is 74.1 Å². The van der Waals surface area contributed by atoms with Gasteiger partial charge in [-0.05, 0) is 78.6 Å². The molecule has 0 aliphatic carbocycles. The minimum absolute atomic E-state index is 0.345. The van der Waals surface area contributed by atoms with E-state index in [2.05, 4.69) is 73.7 Å². The zero-order chi connectivity index (χ0) is 101. The molecule has 143 heavy (non-hydrogen) atoms. The topological polar surface area (TPSA) is 474 Å². The Bertz CT molecular complexity index is 7710. The largest absolute Gasteiger partial charge is 0.396 e. The lowest BCUT2D eigenvalue weighted by molar-refractivity contribution is 0.164. The summed E-state index contributed by atoms with van der Waals surface area (Å²) in [4.78, 5) is 75.7. The predicted octanol–water partition coefficient (Wildman–Crippen LogP) is 19.9. The van der Waals surface area contributed by atoms with Crippen LogP contribution in [0.15, 0.2) is 128 Å². The second kappa shape index (κ2) is 46.7. The van der Waals surface area contributed by atoms with Crippen molar-refractivity contribution in [3.05, 3.63) is 142 Å². The maximum atomic E-state index is 13.5. The number of thiophene rings is 5. The molecule has 748 valence electrons. The third-order valence-corrected chi connectivity index (χ3v) is 41.7. The van der Waals surface area contributed by atoms with Crippen molar-refractivity contribution in [3.63, 3.8) is 0 Å². The smallest absolute Gasteiger partial charge is 0.224 e. The van der Waals surface area contributed by atoms with Crippen molar-refractivity contribution >= 4 is 247 Å². The van der Waals surface area contributed by atoms with Crippen LogP contribution in [-0.4, -0.2) is 193 Å². The number of methoxy groups -OCH3 is 2. The highest BCUT2D eigenvalue weighted by Crippen LogP contribution is 2.50. The third-order valence-electron chi connectivity index (χ3n) is 23.1. The number of pyridine rings is 4. The van der Waals surface area contributed by atoms with Gasteiger partial charge in [0.1, 0.15) is 123 Å². The minimum Gasteiger partial charge on any atom is -0.396 e. The van der Waals surface area contributed by atoms with Gasteiger partial charge in [0, 0.05) is 163 Å². The number of nitrogens with zero attached hydrogens (tertiary/aromatic N) is 21. The lowest BCUT2D eigenvalue weighted by Crippen LogP contribution is -2.06. The number of unbranched alkanes of at least 4 members (excludes halogenated alkanes) is 3. The lowest BCUT2D eigenvalue weighted by atomic mass is 10.1. The van der Waals surface area contributed by atoms with Gasteiger partial charge >= 0.3 is 0 Å². The number of halogens is 1. The summed E-state index contributed by atoms with van der Waals surface area (Å²) >= 11 is 14.1. The van der Waals surface area contributed by atoms with Crippen molar-refractivity contribution < 1.29 is 39.6 Å². The Morgan fingerprint density at radius 1 is 0.343 bits per heavy atom. The van der Waals surface area contributed by atoms with Crippen molar-refractivity contribution in [2.45, 2.75) is 109 Å². The first-order chi connectivity index (χ1) is 68.9. The zero-order valence-corrected chi connectivity index (χ0v) is 92.6. The lowest BCUT2D eigenvalue weighted by Gasteiger charge is -2.08. The van der Waals surface area contributed by atoms with Crippen LogP contribution in [0.2, 0.25) is 0 Å². The van der Waals surface area contributed by atoms with Gasteiger partial charge in [-0.1, -0.05) is 33.1 Å². The standard InChI is InChI=1S/C20H23N5OS3.C19H21N5O2S3.C19H21N5OS3.C18H18FN5O2S3.C17H18N6O2S3/c1-4-5-6-9-29(26)20-17(21)16-13(15-11-23-12(2)25(15)3)10-14(24-19(16)28-20)18-22-7-8-27-18;1-4-26-6-8-29(25)19-16(20)15-12(14-10-22-11(2)24(14)3)9-13(23-18(15)28-19)17-21-5-7-27-17;1-4-5-8-28(25)19-16(20)15-12(14-10-22-11(2)24(14)3)9-13(23-18(15)27-19)17-21-6-7-26-17;1-9-21-7-12(24(9)2)10-6-11(16-23-13(19)8-27-16)22-17-14(10)15(20)18(28-17)29(25)5-4-26-3;1-9-20-8-10(23(9)2)13-11-12(18)17(28(24)7-5-25-3)27-15(11)22-14(21-13)16-19-4-6-26-16/h7-8,10-11H,4-6,9,21H2,1-3H3;5,7,9-10H,4,6,8,20H2,1-3H3;6-7,9-10H,4-5,8,20H2,1-3H3;6-8H,4-5,20H2,1-3H3;4,6,8H,5,7,18H2,1-3H3. The highest BCUT2D eigenvalue weighted by molar-refractivity contribution is 7.89. The number of imidazole rings is 5. The van der Waals surface area contributed by atoms with Crippen LogP contribution < -0.4 is 28.7 Å². The number of anilines is 5. The first-order valence-corrected chi connectivity index (χ1v) is 59.7. The maximum absolute atomic E-state index is 13.5. The Hall–Kier alpha value is -10.8. The van der Waals surface area contributed by atoms with Crippen molar-refractivity contribution in [3.8, 4) is 110 Å². The van der Waals surface area contributed by atoms with Gasteiger partial charge in [0.15, 0.2) is 10.8 Å². The molecule has 20 rings (SSSR count). The molecular formula is C93H101FN26O8S15. The summed E-state index contributed by atoms with van der Waals surface area (Å²) < 4.78 is 106. The van der Waals surface area contributed by atoms with Crippen molar-refractivity contribution in [1.82, 2.24) is 103 Å². The van der Waals surface area contributed by atoms with Crippen molar-refractivity contribution in [1.29, 1.82) is 0 Å². The predicted molar refractivity (Wildman–Crippen MR) is 589 cm³/mol. The molecule has 0 aliphatic heterocycles. The summed E-state index contributed by atoms with van der Waals surface area (Å²) in [5, 5.41) is 16.7. The van der Waals surface area contributed by atoms with Crippen molar-refractivity contribution in [2.24, 2.45) is 35.2 Å². The molecule has 0 amide bonds. The molecule has 0 spiro atoms. The van der Waals surface area contributed by atoms with E-state index >= 15 is 0 Å². The number of aromatic nitrogens is 21. The van der Waals surface area contributed by atoms with Crippen LogP contribution in [0.3, 0.4) is 0 Å². The molecule has 0 radical (unpaired) electrons. The molecule has 20 heterocycles. The van der Waals surface area contributed by atoms with E-state index in [-0.39, 0.29) is 0 Å². The van der Waals surface area contributed by atoms with E-state index in [4.69, 9.17) is 62.8 Å². The fourth-order valence-electron chi connectivity index (χ4n) is 15.1. The summed E-state index contributed by atoms with van der Waals surface area (Å²) in [5.41, 5.74) is 46.7. The van der Waals surface area contributed by atoms with Gasteiger partial charge in [-0.2, -0.15) is 4.39 Å². The number of thiazole rings is 5. The highest BCUT2D eigenvalue weighted by atomic mass is 32.2. The molecule has 0 aliphatic rings. The Balaban J connectivity index is 0.000000128. The van der Waals surface area contributed by atoms with Gasteiger partial charge in [0.2, 0.25) is 5.95 Å². The number of rotatable bonds is 32. The molecule has 20 aromatic heterocycles. The molecule has 0 saturated carbocycles. The number of nitrogens with two attached hydrogens (primary N) is 5. The monoisotopic (exact) mass is 2210 g/mol. The fraction of sp³-hybridized carbons (Fsp3) is 0.312. The Morgan fingerprint density at radius 3 is 0.937 bits per heavy atom. The van der Waals surface area contributed by atoms with Crippen LogP contribution in [0.1, 0.15) is 82.0 Å². The molecule has 34 nitrogen and oxygen atoms in total. The number of hydrogen-bond acceptors (Lipinski definition) is 39. The number of fused-ring (bicyclic) bond motifs is 5. The van der Waals surface area contributed by atoms with Gasteiger partial charge < -0.3 is 65.7 Å². The summed E-state index contributed by atoms with van der Waals surface area (Å²) in [5.74, 6) is 6.77. The maximum Gasteiger partial charge on any atom is 0.224 e. The molecule has 0 aromatic carbocycles. The molecule has 5 unspecified atom stereocenters. The van der Waals surface area contributed by atoms with Crippen LogP contribution in [0, 0.1) is 40.6 Å². The van der Waals surface area contributed by atoms with Crippen molar-refractivity contribution in [2.75, 3.05) is 98.1 Å². The molecule has 0 fully saturated rings. The van der Waals surface area contributed by atoms with Gasteiger partial charge in [0.05, 0.1) is 184 Å². The second-order valence-corrected chi connectivity index (χ2v) is 50.4. The third kappa shape index (κ3) is 22.3. The molecule has 0 bridgehead atoms. The molecule has 10 N–H and O–H groups in total. The average Bonchev–Trinajstić information content (AvgIpc) is 1.62. The highest BCUT2D eigenvalue weighted by Gasteiger charge is 2.31. The van der Waals surface area contributed by atoms with Crippen LogP contribution >= 0.6 is 113 Å². The number of hydrogen-bond donors (Lipinski definition) is 5. The quantitative estimate of drug-likeness (QED) is 0.0244. The number of ether oxygens (including phenoxy) is 3. The normalized spacial score (nSPS) is 12.7. The molecule has 20 aromatic rings. The Labute approximate surface area is 874 Å². The molecule has 50 heteroatoms. The van der Waals surface area contributed by atoms with Gasteiger partial charge in [-0.25, -0.2) is 79.7 Å². The molecule has 5 atom stereocenters. The second-order valence-electron chi connectivity index (χ2n) is 32.1. The van der Waals surface area contributed by atoms with Gasteiger partial charge in [0.25, 0.3) is 0 Å². The van der Waals surface area contributed by atoms with E-state index in [0.717, 1.165) is 189 Å². The summed E-state index contributed by atoms with van der Waals surface area (Å²) in [6.45, 7) is 17.7. The van der Waals surface area contributed by atoms with E-state index in [9.17, 15) is 25.4 Å². The fourth-order valence-corrected chi connectivity index (χ4v) is 31.2. The van der Waals surface area contributed by atoms with Crippen LogP contribution in [-0.2, 0) is 103 Å². The number of aryl methyl sites for hydroxylation is 5.